The second-order valence-corrected chi connectivity index (χ2v) is 9.15. The fraction of sp³-hybridized carbons (Fsp3) is 0.444. The van der Waals surface area contributed by atoms with Gasteiger partial charge in [-0.3, -0.25) is 10.1 Å². The minimum atomic E-state index is -0.323. The fourth-order valence-electron chi connectivity index (χ4n) is 4.48. The van der Waals surface area contributed by atoms with Gasteiger partial charge in [-0.25, -0.2) is 0 Å². The molecule has 32 heavy (non-hydrogen) atoms. The summed E-state index contributed by atoms with van der Waals surface area (Å²) in [6, 6.07) is 13.9. The lowest BCUT2D eigenvalue weighted by molar-refractivity contribution is -0.402. The summed E-state index contributed by atoms with van der Waals surface area (Å²) in [6.45, 7) is 10.9. The summed E-state index contributed by atoms with van der Waals surface area (Å²) in [6.07, 6.45) is 9.12. The Kier molecular flexibility index (Phi) is 7.49. The number of fused-ring (bicyclic) bond motifs is 1. The molecule has 0 amide bonds. The zero-order valence-electron chi connectivity index (χ0n) is 20.1. The number of unbranched alkanes of at least 4 members (excludes halogenated alkanes) is 2. The van der Waals surface area contributed by atoms with Gasteiger partial charge in [-0.15, -0.1) is 0 Å². The van der Waals surface area contributed by atoms with Crippen LogP contribution in [0.5, 0.6) is 0 Å². The highest BCUT2D eigenvalue weighted by molar-refractivity contribution is 6.05. The summed E-state index contributed by atoms with van der Waals surface area (Å²) in [5, 5.41) is 11.2. The van der Waals surface area contributed by atoms with Gasteiger partial charge in [0.2, 0.25) is 5.69 Å². The minimum Gasteiger partial charge on any atom is -0.372 e. The van der Waals surface area contributed by atoms with E-state index in [2.05, 4.69) is 73.6 Å². The Labute approximate surface area is 192 Å². The quantitative estimate of drug-likeness (QED) is 0.237. The van der Waals surface area contributed by atoms with Crippen LogP contribution in [-0.4, -0.2) is 35.3 Å². The number of rotatable bonds is 10. The Morgan fingerprint density at radius 3 is 2.19 bits per heavy atom. The molecule has 1 aliphatic heterocycles. The summed E-state index contributed by atoms with van der Waals surface area (Å²) >= 11 is 0. The molecular weight excluding hydrogens is 398 g/mol. The summed E-state index contributed by atoms with van der Waals surface area (Å²) in [5.41, 5.74) is 5.42. The first kappa shape index (κ1) is 23.7. The smallest absolute Gasteiger partial charge is 0.270 e. The van der Waals surface area contributed by atoms with E-state index in [1.165, 1.54) is 31.4 Å². The number of anilines is 1. The number of nitro benzene ring substituents is 1. The van der Waals surface area contributed by atoms with Gasteiger partial charge in [0.05, 0.1) is 10.3 Å². The molecule has 1 aliphatic rings. The summed E-state index contributed by atoms with van der Waals surface area (Å²) < 4.78 is 2.14. The molecule has 0 atom stereocenters. The third kappa shape index (κ3) is 4.93. The lowest BCUT2D eigenvalue weighted by Crippen LogP contribution is -2.26. The van der Waals surface area contributed by atoms with Gasteiger partial charge in [0, 0.05) is 48.6 Å². The number of nitro groups is 1. The van der Waals surface area contributed by atoms with Crippen LogP contribution >= 0.6 is 0 Å². The van der Waals surface area contributed by atoms with Crippen molar-refractivity contribution < 1.29 is 9.50 Å². The molecular formula is C27H36N3O2+. The first-order valence-electron chi connectivity index (χ1n) is 11.7. The van der Waals surface area contributed by atoms with Gasteiger partial charge in [0.25, 0.3) is 5.69 Å². The summed E-state index contributed by atoms with van der Waals surface area (Å²) in [5.74, 6) is 0. The van der Waals surface area contributed by atoms with Crippen LogP contribution in [0.1, 0.15) is 64.5 Å². The maximum atomic E-state index is 11.2. The van der Waals surface area contributed by atoms with Crippen LogP contribution in [0.15, 0.2) is 48.5 Å². The number of allylic oxidation sites excluding steroid dienone is 1. The SMILES string of the molecule is CCCCN(CCCC)c1ccc(/C=C/C2=[N+](C)c3ccc([N+](=O)[O-])cc3C2(C)C)cc1. The normalized spacial score (nSPS) is 14.8. The van der Waals surface area contributed by atoms with E-state index in [0.717, 1.165) is 35.6 Å². The first-order valence-corrected chi connectivity index (χ1v) is 11.7. The van der Waals surface area contributed by atoms with Gasteiger partial charge < -0.3 is 4.90 Å². The lowest BCUT2D eigenvalue weighted by atomic mass is 9.81. The highest BCUT2D eigenvalue weighted by atomic mass is 16.6. The van der Waals surface area contributed by atoms with Crippen molar-refractivity contribution in [1.82, 2.24) is 0 Å². The first-order chi connectivity index (χ1) is 15.3. The molecule has 0 aromatic heterocycles. The predicted octanol–water partition coefficient (Wildman–Crippen LogP) is 6.72. The molecule has 0 saturated carbocycles. The zero-order chi connectivity index (χ0) is 23.3. The molecule has 3 rings (SSSR count). The van der Waals surface area contributed by atoms with E-state index < -0.39 is 0 Å². The van der Waals surface area contributed by atoms with E-state index in [1.807, 2.05) is 13.1 Å². The van der Waals surface area contributed by atoms with E-state index in [-0.39, 0.29) is 16.0 Å². The molecule has 170 valence electrons. The Balaban J connectivity index is 1.81. The van der Waals surface area contributed by atoms with E-state index in [0.29, 0.717) is 0 Å². The van der Waals surface area contributed by atoms with Crippen molar-refractivity contribution in [1.29, 1.82) is 0 Å². The molecule has 0 spiro atoms. The molecule has 0 N–H and O–H groups in total. The van der Waals surface area contributed by atoms with Crippen molar-refractivity contribution in [2.75, 3.05) is 25.0 Å². The second-order valence-electron chi connectivity index (χ2n) is 9.15. The van der Waals surface area contributed by atoms with E-state index in [9.17, 15) is 10.1 Å². The molecule has 0 bridgehead atoms. The largest absolute Gasteiger partial charge is 0.372 e. The van der Waals surface area contributed by atoms with Crippen LogP contribution in [0, 0.1) is 10.1 Å². The minimum absolute atomic E-state index is 0.141. The van der Waals surface area contributed by atoms with Crippen LogP contribution in [0.25, 0.3) is 6.08 Å². The Morgan fingerprint density at radius 1 is 1.00 bits per heavy atom. The van der Waals surface area contributed by atoms with Crippen molar-refractivity contribution >= 4 is 28.8 Å². The average Bonchev–Trinajstić information content (AvgIpc) is 2.97. The van der Waals surface area contributed by atoms with Crippen LogP contribution in [0.2, 0.25) is 0 Å². The van der Waals surface area contributed by atoms with Crippen LogP contribution in [0.4, 0.5) is 17.1 Å². The maximum absolute atomic E-state index is 11.2. The van der Waals surface area contributed by atoms with Gasteiger partial charge in [-0.05, 0) is 50.5 Å². The number of nitrogens with zero attached hydrogens (tertiary/aromatic N) is 3. The third-order valence-electron chi connectivity index (χ3n) is 6.48. The van der Waals surface area contributed by atoms with Gasteiger partial charge >= 0.3 is 0 Å². The topological polar surface area (TPSA) is 49.4 Å². The number of hydrogen-bond acceptors (Lipinski definition) is 3. The van der Waals surface area contributed by atoms with Crippen LogP contribution in [0.3, 0.4) is 0 Å². The zero-order valence-corrected chi connectivity index (χ0v) is 20.1. The number of hydrogen-bond donors (Lipinski definition) is 0. The molecule has 0 radical (unpaired) electrons. The van der Waals surface area contributed by atoms with Crippen molar-refractivity contribution in [2.45, 2.75) is 58.8 Å². The molecule has 5 heteroatoms. The molecule has 0 saturated heterocycles. The van der Waals surface area contributed by atoms with Gasteiger partial charge in [-0.1, -0.05) is 38.8 Å². The second kappa shape index (κ2) is 10.1. The van der Waals surface area contributed by atoms with E-state index in [1.54, 1.807) is 12.1 Å². The molecule has 2 aromatic rings. The summed E-state index contributed by atoms with van der Waals surface area (Å²) in [4.78, 5) is 13.4. The third-order valence-corrected chi connectivity index (χ3v) is 6.48. The highest BCUT2D eigenvalue weighted by Gasteiger charge is 2.43. The molecule has 5 nitrogen and oxygen atoms in total. The van der Waals surface area contributed by atoms with E-state index >= 15 is 0 Å². The maximum Gasteiger partial charge on any atom is 0.270 e. The van der Waals surface area contributed by atoms with Crippen molar-refractivity contribution in [3.63, 3.8) is 0 Å². The highest BCUT2D eigenvalue weighted by Crippen LogP contribution is 2.41. The van der Waals surface area contributed by atoms with Gasteiger partial charge in [0.1, 0.15) is 7.05 Å². The van der Waals surface area contributed by atoms with Crippen molar-refractivity contribution in [2.24, 2.45) is 0 Å². The fourth-order valence-corrected chi connectivity index (χ4v) is 4.48. The van der Waals surface area contributed by atoms with Crippen LogP contribution < -0.4 is 4.90 Å². The average molecular weight is 435 g/mol. The predicted molar refractivity (Wildman–Crippen MR) is 134 cm³/mol. The molecule has 0 fully saturated rings. The lowest BCUT2D eigenvalue weighted by Gasteiger charge is -2.24. The Hall–Kier alpha value is -2.95. The molecule has 2 aromatic carbocycles. The number of non-ortho nitro benzene ring substituents is 1. The van der Waals surface area contributed by atoms with Gasteiger partial charge in [0.15, 0.2) is 5.71 Å². The Bertz CT molecular complexity index is 1010. The standard InChI is InChI=1S/C27H36N3O2/c1-6-8-18-29(19-9-7-2)22-13-10-21(11-14-22)12-17-26-27(3,4)24-20-23(30(31)32)15-16-25(24)28(26)5/h10-17,20H,6-9,18-19H2,1-5H3/q+1. The molecule has 1 heterocycles. The van der Waals surface area contributed by atoms with Crippen molar-refractivity contribution in [3.8, 4) is 0 Å². The summed E-state index contributed by atoms with van der Waals surface area (Å²) in [7, 11) is 2.03. The van der Waals surface area contributed by atoms with Gasteiger partial charge in [-0.2, -0.15) is 4.58 Å². The molecule has 0 unspecified atom stereocenters. The number of benzene rings is 2. The Morgan fingerprint density at radius 2 is 1.62 bits per heavy atom. The molecule has 0 aliphatic carbocycles. The van der Waals surface area contributed by atoms with Crippen molar-refractivity contribution in [3.05, 3.63) is 69.8 Å². The van der Waals surface area contributed by atoms with E-state index in [4.69, 9.17) is 0 Å². The van der Waals surface area contributed by atoms with Crippen LogP contribution in [-0.2, 0) is 5.41 Å². The monoisotopic (exact) mass is 434 g/mol.